The van der Waals surface area contributed by atoms with Crippen LogP contribution in [0.25, 0.3) is 10.4 Å². The zero-order valence-electron chi connectivity index (χ0n) is 12.1. The monoisotopic (exact) mass is 405 g/mol. The van der Waals surface area contributed by atoms with Crippen molar-refractivity contribution in [3.63, 3.8) is 0 Å². The van der Waals surface area contributed by atoms with Crippen LogP contribution in [0, 0.1) is 0 Å². The van der Waals surface area contributed by atoms with Crippen molar-refractivity contribution in [1.29, 1.82) is 0 Å². The van der Waals surface area contributed by atoms with Gasteiger partial charge in [-0.2, -0.15) is 0 Å². The molecule has 114 valence electrons. The highest BCUT2D eigenvalue weighted by Gasteiger charge is 2.15. The third-order valence-corrected chi connectivity index (χ3v) is 5.54. The molecule has 0 aliphatic rings. The van der Waals surface area contributed by atoms with Gasteiger partial charge in [0.25, 0.3) is 0 Å². The summed E-state index contributed by atoms with van der Waals surface area (Å²) >= 11 is 17.9. The maximum absolute atomic E-state index is 6.35. The Morgan fingerprint density at radius 3 is 2.43 bits per heavy atom. The Morgan fingerprint density at radius 1 is 1.19 bits per heavy atom. The van der Waals surface area contributed by atoms with E-state index in [0.717, 1.165) is 34.3 Å². The number of nitrogens with one attached hydrogen (secondary N) is 1. The topological polar surface area (TPSA) is 12.0 Å². The molecule has 5 heteroatoms. The van der Waals surface area contributed by atoms with Crippen molar-refractivity contribution in [1.82, 2.24) is 5.32 Å². The molecule has 0 spiro atoms. The minimum Gasteiger partial charge on any atom is -0.309 e. The maximum Gasteiger partial charge on any atom is 0.0518 e. The standard InChI is InChI=1S/C16H18BrCl2NS/c1-3-7-20-13(4-2)14-5-6-15(21-14)16-11(18)8-10(17)9-12(16)19/h5-6,8-9,13,20H,3-4,7H2,1-2H3. The van der Waals surface area contributed by atoms with Gasteiger partial charge in [-0.3, -0.25) is 0 Å². The Labute approximate surface area is 148 Å². The zero-order valence-corrected chi connectivity index (χ0v) is 16.0. The zero-order chi connectivity index (χ0) is 15.4. The lowest BCUT2D eigenvalue weighted by molar-refractivity contribution is 0.525. The van der Waals surface area contributed by atoms with Crippen molar-refractivity contribution in [3.05, 3.63) is 43.7 Å². The average molecular weight is 407 g/mol. The van der Waals surface area contributed by atoms with Crippen molar-refractivity contribution >= 4 is 50.5 Å². The molecule has 1 atom stereocenters. The summed E-state index contributed by atoms with van der Waals surface area (Å²) in [6.07, 6.45) is 2.21. The van der Waals surface area contributed by atoms with Crippen LogP contribution in [-0.2, 0) is 0 Å². The van der Waals surface area contributed by atoms with Crippen LogP contribution in [0.4, 0.5) is 0 Å². The van der Waals surface area contributed by atoms with Crippen molar-refractivity contribution in [2.24, 2.45) is 0 Å². The van der Waals surface area contributed by atoms with Gasteiger partial charge in [-0.1, -0.05) is 53.0 Å². The van der Waals surface area contributed by atoms with E-state index in [1.165, 1.54) is 4.88 Å². The van der Waals surface area contributed by atoms with Crippen molar-refractivity contribution in [3.8, 4) is 10.4 Å². The lowest BCUT2D eigenvalue weighted by Gasteiger charge is -2.14. The highest BCUT2D eigenvalue weighted by atomic mass is 79.9. The molecule has 1 unspecified atom stereocenters. The van der Waals surface area contributed by atoms with Gasteiger partial charge in [0.1, 0.15) is 0 Å². The van der Waals surface area contributed by atoms with Crippen LogP contribution < -0.4 is 5.32 Å². The third kappa shape index (κ3) is 4.23. The van der Waals surface area contributed by atoms with Crippen LogP contribution in [0.3, 0.4) is 0 Å². The van der Waals surface area contributed by atoms with Gasteiger partial charge in [-0.15, -0.1) is 11.3 Å². The van der Waals surface area contributed by atoms with Crippen molar-refractivity contribution in [2.75, 3.05) is 6.54 Å². The summed E-state index contributed by atoms with van der Waals surface area (Å²) < 4.78 is 0.897. The first-order valence-corrected chi connectivity index (χ1v) is 9.41. The molecule has 0 radical (unpaired) electrons. The van der Waals surface area contributed by atoms with Crippen LogP contribution in [0.2, 0.25) is 10.0 Å². The van der Waals surface area contributed by atoms with Crippen LogP contribution in [-0.4, -0.2) is 6.54 Å². The van der Waals surface area contributed by atoms with Gasteiger partial charge in [0.05, 0.1) is 10.0 Å². The minimum absolute atomic E-state index is 0.400. The molecule has 0 saturated carbocycles. The second kappa shape index (κ2) is 7.98. The number of rotatable bonds is 6. The fourth-order valence-corrected chi connectivity index (χ4v) is 4.98. The Kier molecular flexibility index (Phi) is 6.57. The normalized spacial score (nSPS) is 12.6. The molecule has 2 rings (SSSR count). The van der Waals surface area contributed by atoms with Gasteiger partial charge in [0.15, 0.2) is 0 Å². The lowest BCUT2D eigenvalue weighted by Crippen LogP contribution is -2.20. The summed E-state index contributed by atoms with van der Waals surface area (Å²) in [5.74, 6) is 0. The van der Waals surface area contributed by atoms with Crippen LogP contribution in [0.1, 0.15) is 37.6 Å². The summed E-state index contributed by atoms with van der Waals surface area (Å²) in [7, 11) is 0. The number of hydrogen-bond acceptors (Lipinski definition) is 2. The lowest BCUT2D eigenvalue weighted by atomic mass is 10.1. The highest BCUT2D eigenvalue weighted by Crippen LogP contribution is 2.41. The summed E-state index contributed by atoms with van der Waals surface area (Å²) in [6, 6.07) is 8.45. The summed E-state index contributed by atoms with van der Waals surface area (Å²) in [6.45, 7) is 5.42. The molecular weight excluding hydrogens is 389 g/mol. The molecule has 21 heavy (non-hydrogen) atoms. The second-order valence-electron chi connectivity index (χ2n) is 4.86. The molecule has 0 amide bonds. The maximum atomic E-state index is 6.35. The van der Waals surface area contributed by atoms with Crippen LogP contribution >= 0.6 is 50.5 Å². The SMILES string of the molecule is CCCNC(CC)c1ccc(-c2c(Cl)cc(Br)cc2Cl)s1. The van der Waals surface area contributed by atoms with E-state index in [9.17, 15) is 0 Å². The minimum atomic E-state index is 0.400. The smallest absolute Gasteiger partial charge is 0.0518 e. The van der Waals surface area contributed by atoms with Gasteiger partial charge >= 0.3 is 0 Å². The van der Waals surface area contributed by atoms with Gasteiger partial charge in [0, 0.05) is 25.8 Å². The number of halogens is 3. The van der Waals surface area contributed by atoms with E-state index in [2.05, 4.69) is 47.2 Å². The number of benzene rings is 1. The van der Waals surface area contributed by atoms with Gasteiger partial charge in [0.2, 0.25) is 0 Å². The van der Waals surface area contributed by atoms with E-state index in [4.69, 9.17) is 23.2 Å². The number of thiophene rings is 1. The Balaban J connectivity index is 2.31. The van der Waals surface area contributed by atoms with Crippen molar-refractivity contribution < 1.29 is 0 Å². The Bertz CT molecular complexity index is 589. The molecule has 1 aromatic carbocycles. The molecule has 0 aliphatic carbocycles. The van der Waals surface area contributed by atoms with Crippen molar-refractivity contribution in [2.45, 2.75) is 32.7 Å². The quantitative estimate of drug-likeness (QED) is 0.547. The molecule has 1 N–H and O–H groups in total. The van der Waals surface area contributed by atoms with E-state index >= 15 is 0 Å². The fourth-order valence-electron chi connectivity index (χ4n) is 2.22. The molecule has 1 heterocycles. The molecule has 0 bridgehead atoms. The molecule has 2 aromatic rings. The molecular formula is C16H18BrCl2NS. The molecule has 0 saturated heterocycles. The van der Waals surface area contributed by atoms with E-state index < -0.39 is 0 Å². The van der Waals surface area contributed by atoms with E-state index in [1.807, 2.05) is 12.1 Å². The Morgan fingerprint density at radius 2 is 1.86 bits per heavy atom. The first-order valence-electron chi connectivity index (χ1n) is 7.04. The Hall–Kier alpha value is -0.0600. The van der Waals surface area contributed by atoms with Gasteiger partial charge in [-0.05, 0) is 43.7 Å². The summed E-state index contributed by atoms with van der Waals surface area (Å²) in [5.41, 5.74) is 0.920. The first kappa shape index (κ1) is 17.3. The predicted octanol–water partition coefficient (Wildman–Crippen LogP) is 6.94. The van der Waals surface area contributed by atoms with Gasteiger partial charge < -0.3 is 5.32 Å². The average Bonchev–Trinajstić information content (AvgIpc) is 2.88. The third-order valence-electron chi connectivity index (χ3n) is 3.27. The van der Waals surface area contributed by atoms with E-state index in [-0.39, 0.29) is 0 Å². The van der Waals surface area contributed by atoms with E-state index in [1.54, 1.807) is 11.3 Å². The summed E-state index contributed by atoms with van der Waals surface area (Å²) in [4.78, 5) is 2.44. The predicted molar refractivity (Wildman–Crippen MR) is 98.8 cm³/mol. The van der Waals surface area contributed by atoms with E-state index in [0.29, 0.717) is 16.1 Å². The molecule has 1 nitrogen and oxygen atoms in total. The molecule has 0 fully saturated rings. The first-order chi connectivity index (χ1) is 10.1. The summed E-state index contributed by atoms with van der Waals surface area (Å²) in [5, 5.41) is 4.93. The van der Waals surface area contributed by atoms with Crippen LogP contribution in [0.5, 0.6) is 0 Å². The number of hydrogen-bond donors (Lipinski definition) is 1. The molecule has 1 aromatic heterocycles. The largest absolute Gasteiger partial charge is 0.309 e. The second-order valence-corrected chi connectivity index (χ2v) is 7.71. The fraction of sp³-hybridized carbons (Fsp3) is 0.375. The molecule has 0 aliphatic heterocycles. The highest BCUT2D eigenvalue weighted by molar-refractivity contribution is 9.10. The van der Waals surface area contributed by atoms with Crippen LogP contribution in [0.15, 0.2) is 28.7 Å². The van der Waals surface area contributed by atoms with Gasteiger partial charge in [-0.25, -0.2) is 0 Å².